The molecule has 0 heterocycles. The molecule has 3 nitrogen and oxygen atoms in total. The molecule has 1 aromatic carbocycles. The molecule has 0 saturated heterocycles. The van der Waals surface area contributed by atoms with Gasteiger partial charge in [-0.2, -0.15) is 8.42 Å². The summed E-state index contributed by atoms with van der Waals surface area (Å²) in [6.45, 7) is 0. The summed E-state index contributed by atoms with van der Waals surface area (Å²) >= 11 is 13.2. The van der Waals surface area contributed by atoms with Gasteiger partial charge in [-0.3, -0.25) is 4.55 Å². The summed E-state index contributed by atoms with van der Waals surface area (Å²) in [7, 11) is -4.29. The van der Waals surface area contributed by atoms with Crippen LogP contribution in [0.2, 0.25) is 10.0 Å². The Balaban J connectivity index is 3.53. The van der Waals surface area contributed by atoms with E-state index in [9.17, 15) is 8.42 Å². The maximum Gasteiger partial charge on any atom is 0.296 e. The highest BCUT2D eigenvalue weighted by Crippen LogP contribution is 2.32. The van der Waals surface area contributed by atoms with E-state index < -0.39 is 10.1 Å². The van der Waals surface area contributed by atoms with Crippen molar-refractivity contribution in [2.24, 2.45) is 0 Å². The Hall–Kier alpha value is 0.440. The molecule has 0 radical (unpaired) electrons. The van der Waals surface area contributed by atoms with Gasteiger partial charge >= 0.3 is 0 Å². The molecule has 0 spiro atoms. The van der Waals surface area contributed by atoms with Crippen LogP contribution in [0.3, 0.4) is 0 Å². The molecule has 1 aromatic rings. The van der Waals surface area contributed by atoms with Gasteiger partial charge in [0.25, 0.3) is 10.1 Å². The fourth-order valence-electron chi connectivity index (χ4n) is 0.707. The summed E-state index contributed by atoms with van der Waals surface area (Å²) in [5.74, 6) is 0. The Morgan fingerprint density at radius 3 is 2.23 bits per heavy atom. The van der Waals surface area contributed by atoms with E-state index in [4.69, 9.17) is 27.8 Å². The first-order valence-electron chi connectivity index (χ1n) is 2.95. The lowest BCUT2D eigenvalue weighted by molar-refractivity contribution is 0.483. The molecule has 1 N–H and O–H groups in total. The second-order valence-electron chi connectivity index (χ2n) is 2.15. The lowest BCUT2D eigenvalue weighted by Crippen LogP contribution is -1.99. The third kappa shape index (κ3) is 2.47. The van der Waals surface area contributed by atoms with Crippen LogP contribution in [0, 0.1) is 3.57 Å². The lowest BCUT2D eigenvalue weighted by Gasteiger charge is -2.03. The van der Waals surface area contributed by atoms with Gasteiger partial charge in [-0.05, 0) is 34.7 Å². The summed E-state index contributed by atoms with van der Waals surface area (Å²) in [6.07, 6.45) is 0. The van der Waals surface area contributed by atoms with E-state index in [1.54, 1.807) is 0 Å². The van der Waals surface area contributed by atoms with Gasteiger partial charge in [0.1, 0.15) is 4.90 Å². The van der Waals surface area contributed by atoms with E-state index in [2.05, 4.69) is 0 Å². The molecule has 72 valence electrons. The van der Waals surface area contributed by atoms with E-state index in [1.165, 1.54) is 12.1 Å². The predicted octanol–water partition coefficient (Wildman–Crippen LogP) is 2.84. The summed E-state index contributed by atoms with van der Waals surface area (Å²) in [4.78, 5) is -0.375. The van der Waals surface area contributed by atoms with E-state index in [-0.39, 0.29) is 14.9 Å². The molecule has 13 heavy (non-hydrogen) atoms. The van der Waals surface area contributed by atoms with Crippen molar-refractivity contribution in [2.75, 3.05) is 0 Å². The average Bonchev–Trinajstić information content (AvgIpc) is 1.98. The van der Waals surface area contributed by atoms with Crippen molar-refractivity contribution in [3.63, 3.8) is 0 Å². The van der Waals surface area contributed by atoms with Crippen LogP contribution < -0.4 is 0 Å². The molecule has 0 atom stereocenters. The third-order valence-electron chi connectivity index (χ3n) is 1.28. The molecule has 1 rings (SSSR count). The fraction of sp³-hybridized carbons (Fsp3) is 0. The van der Waals surface area contributed by atoms with Crippen LogP contribution in [0.5, 0.6) is 0 Å². The molecule has 0 saturated carbocycles. The Morgan fingerprint density at radius 2 is 1.77 bits per heavy atom. The minimum absolute atomic E-state index is 0.123. The van der Waals surface area contributed by atoms with E-state index in [0.29, 0.717) is 3.57 Å². The molecule has 7 heteroatoms. The van der Waals surface area contributed by atoms with Crippen LogP contribution in [-0.4, -0.2) is 13.0 Å². The van der Waals surface area contributed by atoms with Gasteiger partial charge in [0.05, 0.1) is 10.0 Å². The molecule has 0 aliphatic rings. The maximum atomic E-state index is 10.7. The summed E-state index contributed by atoms with van der Waals surface area (Å²) < 4.78 is 30.8. The second-order valence-corrected chi connectivity index (χ2v) is 5.46. The van der Waals surface area contributed by atoms with E-state index in [1.807, 2.05) is 22.6 Å². The first-order chi connectivity index (χ1) is 5.84. The zero-order chi connectivity index (χ0) is 10.2. The highest BCUT2D eigenvalue weighted by molar-refractivity contribution is 14.1. The molecule has 0 aliphatic carbocycles. The monoisotopic (exact) mass is 352 g/mol. The van der Waals surface area contributed by atoms with Crippen molar-refractivity contribution in [1.82, 2.24) is 0 Å². The Labute approximate surface area is 98.9 Å². The van der Waals surface area contributed by atoms with Crippen molar-refractivity contribution >= 4 is 55.9 Å². The smallest absolute Gasteiger partial charge is 0.282 e. The summed E-state index contributed by atoms with van der Waals surface area (Å²) in [5.41, 5.74) is 0. The molecule has 0 amide bonds. The van der Waals surface area contributed by atoms with Crippen molar-refractivity contribution in [3.05, 3.63) is 25.7 Å². The Kier molecular flexibility index (Phi) is 3.45. The molecule has 0 fully saturated rings. The van der Waals surface area contributed by atoms with Crippen molar-refractivity contribution in [3.8, 4) is 0 Å². The lowest BCUT2D eigenvalue weighted by atomic mass is 10.4. The zero-order valence-electron chi connectivity index (χ0n) is 5.96. The fourth-order valence-corrected chi connectivity index (χ4v) is 2.56. The number of halogens is 3. The van der Waals surface area contributed by atoms with Gasteiger partial charge in [-0.1, -0.05) is 23.2 Å². The quantitative estimate of drug-likeness (QED) is 0.480. The first-order valence-corrected chi connectivity index (χ1v) is 6.22. The molecule has 0 bridgehead atoms. The predicted molar refractivity (Wildman–Crippen MR) is 59.0 cm³/mol. The van der Waals surface area contributed by atoms with Crippen LogP contribution in [-0.2, 0) is 10.1 Å². The van der Waals surface area contributed by atoms with Crippen LogP contribution in [0.1, 0.15) is 0 Å². The third-order valence-corrected chi connectivity index (χ3v) is 4.39. The first kappa shape index (κ1) is 11.5. The van der Waals surface area contributed by atoms with Crippen LogP contribution in [0.15, 0.2) is 17.0 Å². The van der Waals surface area contributed by atoms with Gasteiger partial charge in [0.2, 0.25) is 0 Å². The Morgan fingerprint density at radius 1 is 1.23 bits per heavy atom. The number of hydrogen-bond donors (Lipinski definition) is 1. The van der Waals surface area contributed by atoms with Crippen molar-refractivity contribution in [1.29, 1.82) is 0 Å². The van der Waals surface area contributed by atoms with Gasteiger partial charge in [-0.25, -0.2) is 0 Å². The molecular formula is C6H3Cl2IO3S. The SMILES string of the molecule is O=S(=O)(O)c1ccc(I)c(Cl)c1Cl. The second kappa shape index (κ2) is 3.90. The van der Waals surface area contributed by atoms with Gasteiger partial charge in [-0.15, -0.1) is 0 Å². The number of benzene rings is 1. The largest absolute Gasteiger partial charge is 0.296 e. The molecule has 0 unspecified atom stereocenters. The highest BCUT2D eigenvalue weighted by atomic mass is 127. The van der Waals surface area contributed by atoms with Crippen molar-refractivity contribution in [2.45, 2.75) is 4.90 Å². The standard InChI is InChI=1S/C6H3Cl2IO3S/c7-5-3(9)1-2-4(6(5)8)13(10,11)12/h1-2H,(H,10,11,12). The maximum absolute atomic E-state index is 10.7. The van der Waals surface area contributed by atoms with Gasteiger partial charge < -0.3 is 0 Å². The highest BCUT2D eigenvalue weighted by Gasteiger charge is 2.17. The molecular weight excluding hydrogens is 350 g/mol. The van der Waals surface area contributed by atoms with E-state index >= 15 is 0 Å². The van der Waals surface area contributed by atoms with Gasteiger partial charge in [0.15, 0.2) is 0 Å². The summed E-state index contributed by atoms with van der Waals surface area (Å²) in [5, 5.41) is -0.0338. The van der Waals surface area contributed by atoms with Crippen LogP contribution >= 0.6 is 45.8 Å². The average molecular weight is 353 g/mol. The van der Waals surface area contributed by atoms with Crippen LogP contribution in [0.25, 0.3) is 0 Å². The van der Waals surface area contributed by atoms with Crippen molar-refractivity contribution < 1.29 is 13.0 Å². The minimum Gasteiger partial charge on any atom is -0.282 e. The zero-order valence-corrected chi connectivity index (χ0v) is 10.4. The van der Waals surface area contributed by atoms with Crippen LogP contribution in [0.4, 0.5) is 0 Å². The van der Waals surface area contributed by atoms with Gasteiger partial charge in [0, 0.05) is 3.57 Å². The summed E-state index contributed by atoms with van der Waals surface area (Å²) in [6, 6.07) is 2.66. The Bertz CT molecular complexity index is 443. The normalized spacial score (nSPS) is 11.7. The topological polar surface area (TPSA) is 54.4 Å². The minimum atomic E-state index is -4.29. The molecule has 0 aliphatic heterocycles. The number of hydrogen-bond acceptors (Lipinski definition) is 2. The number of rotatable bonds is 1. The molecule has 0 aromatic heterocycles. The van der Waals surface area contributed by atoms with E-state index in [0.717, 1.165) is 0 Å².